The number of alkyl halides is 3. The van der Waals surface area contributed by atoms with E-state index >= 15 is 0 Å². The summed E-state index contributed by atoms with van der Waals surface area (Å²) in [6.45, 7) is 2.31. The standard InChI is InChI=1S/C13H12F3N3O3S/c1-7-17-11(6-22-8(2)20)19(12(21)18-7)5-9-3-4-10(23-9)13(14,15)16/h3-4H,5-6H2,1-2H3. The van der Waals surface area contributed by atoms with Gasteiger partial charge >= 0.3 is 17.8 Å². The molecule has 0 aliphatic rings. The first kappa shape index (κ1) is 17.1. The number of nitrogens with zero attached hydrogens (tertiary/aromatic N) is 3. The van der Waals surface area contributed by atoms with Crippen molar-refractivity contribution in [2.75, 3.05) is 0 Å². The van der Waals surface area contributed by atoms with Gasteiger partial charge in [-0.25, -0.2) is 9.78 Å². The zero-order valence-electron chi connectivity index (χ0n) is 12.2. The van der Waals surface area contributed by atoms with Crippen LogP contribution in [0.25, 0.3) is 0 Å². The van der Waals surface area contributed by atoms with Gasteiger partial charge in [0.15, 0.2) is 5.82 Å². The first-order chi connectivity index (χ1) is 10.7. The van der Waals surface area contributed by atoms with Crippen molar-refractivity contribution in [2.45, 2.75) is 33.2 Å². The summed E-state index contributed by atoms with van der Waals surface area (Å²) in [5.41, 5.74) is -0.665. The number of carbonyl (C=O) groups excluding carboxylic acids is 1. The van der Waals surface area contributed by atoms with Gasteiger partial charge in [0, 0.05) is 11.8 Å². The number of aryl methyl sites for hydroxylation is 1. The number of hydrogen-bond acceptors (Lipinski definition) is 6. The Balaban J connectivity index is 2.33. The summed E-state index contributed by atoms with van der Waals surface area (Å²) in [5, 5.41) is 0. The van der Waals surface area contributed by atoms with Gasteiger partial charge in [-0.05, 0) is 19.1 Å². The SMILES string of the molecule is CC(=O)OCc1nc(C)nc(=O)n1Cc1ccc(C(F)(F)F)s1. The molecule has 0 aliphatic carbocycles. The highest BCUT2D eigenvalue weighted by atomic mass is 32.1. The molecule has 2 aromatic heterocycles. The quantitative estimate of drug-likeness (QED) is 0.792. The molecule has 0 atom stereocenters. The van der Waals surface area contributed by atoms with Crippen molar-refractivity contribution in [3.8, 4) is 0 Å². The van der Waals surface area contributed by atoms with Gasteiger partial charge in [-0.15, -0.1) is 11.3 Å². The van der Waals surface area contributed by atoms with Crippen LogP contribution in [-0.2, 0) is 28.9 Å². The summed E-state index contributed by atoms with van der Waals surface area (Å²) in [6.07, 6.45) is -4.43. The lowest BCUT2D eigenvalue weighted by molar-refractivity contribution is -0.142. The highest BCUT2D eigenvalue weighted by Gasteiger charge is 2.32. The zero-order chi connectivity index (χ0) is 17.2. The van der Waals surface area contributed by atoms with E-state index in [2.05, 4.69) is 9.97 Å². The van der Waals surface area contributed by atoms with Crippen LogP contribution in [0.5, 0.6) is 0 Å². The molecule has 0 aliphatic heterocycles. The van der Waals surface area contributed by atoms with Gasteiger partial charge in [-0.3, -0.25) is 9.36 Å². The minimum atomic E-state index is -4.43. The number of aromatic nitrogens is 3. The van der Waals surface area contributed by atoms with Crippen LogP contribution in [-0.4, -0.2) is 20.5 Å². The molecule has 0 aromatic carbocycles. The van der Waals surface area contributed by atoms with E-state index in [1.54, 1.807) is 0 Å². The van der Waals surface area contributed by atoms with Crippen LogP contribution in [0.15, 0.2) is 16.9 Å². The number of ether oxygens (including phenoxy) is 1. The monoisotopic (exact) mass is 347 g/mol. The largest absolute Gasteiger partial charge is 0.458 e. The predicted molar refractivity (Wildman–Crippen MR) is 74.9 cm³/mol. The van der Waals surface area contributed by atoms with E-state index in [4.69, 9.17) is 4.74 Å². The second-order valence-electron chi connectivity index (χ2n) is 4.60. The molecule has 0 amide bonds. The third kappa shape index (κ3) is 4.38. The normalized spacial score (nSPS) is 11.5. The minimum absolute atomic E-state index is 0.125. The molecule has 6 nitrogen and oxygen atoms in total. The topological polar surface area (TPSA) is 74.1 Å². The van der Waals surface area contributed by atoms with Crippen LogP contribution in [0.4, 0.5) is 13.2 Å². The smallest absolute Gasteiger partial charge is 0.425 e. The lowest BCUT2D eigenvalue weighted by Gasteiger charge is -2.11. The molecule has 0 N–H and O–H groups in total. The highest BCUT2D eigenvalue weighted by Crippen LogP contribution is 2.34. The fourth-order valence-electron chi connectivity index (χ4n) is 1.79. The molecular formula is C13H12F3N3O3S. The molecule has 0 bridgehead atoms. The van der Waals surface area contributed by atoms with Gasteiger partial charge in [0.25, 0.3) is 0 Å². The molecule has 2 rings (SSSR count). The van der Waals surface area contributed by atoms with Crippen molar-refractivity contribution < 1.29 is 22.7 Å². The number of carbonyl (C=O) groups is 1. The van der Waals surface area contributed by atoms with Crippen molar-refractivity contribution in [3.63, 3.8) is 0 Å². The van der Waals surface area contributed by atoms with Gasteiger partial charge in [-0.2, -0.15) is 18.2 Å². The van der Waals surface area contributed by atoms with E-state index in [1.165, 1.54) is 19.9 Å². The highest BCUT2D eigenvalue weighted by molar-refractivity contribution is 7.12. The van der Waals surface area contributed by atoms with Gasteiger partial charge in [-0.1, -0.05) is 0 Å². The summed E-state index contributed by atoms with van der Waals surface area (Å²) in [5.74, 6) is -0.244. The van der Waals surface area contributed by atoms with Crippen LogP contribution in [0, 0.1) is 6.92 Å². The summed E-state index contributed by atoms with van der Waals surface area (Å²) in [4.78, 5) is 30.1. The summed E-state index contributed by atoms with van der Waals surface area (Å²) >= 11 is 0.533. The van der Waals surface area contributed by atoms with Crippen LogP contribution < -0.4 is 5.69 Å². The Morgan fingerprint density at radius 2 is 2.04 bits per heavy atom. The molecule has 23 heavy (non-hydrogen) atoms. The number of thiophene rings is 1. The first-order valence-electron chi connectivity index (χ1n) is 6.40. The second-order valence-corrected chi connectivity index (χ2v) is 5.77. The van der Waals surface area contributed by atoms with E-state index < -0.39 is 22.7 Å². The average molecular weight is 347 g/mol. The van der Waals surface area contributed by atoms with Crippen molar-refractivity contribution in [2.24, 2.45) is 0 Å². The molecule has 124 valence electrons. The molecule has 0 spiro atoms. The third-order valence-electron chi connectivity index (χ3n) is 2.75. The lowest BCUT2D eigenvalue weighted by Crippen LogP contribution is -2.29. The Kier molecular flexibility index (Phi) is 4.83. The number of hydrogen-bond donors (Lipinski definition) is 0. The van der Waals surface area contributed by atoms with E-state index in [0.717, 1.165) is 10.6 Å². The van der Waals surface area contributed by atoms with E-state index in [1.807, 2.05) is 0 Å². The Morgan fingerprint density at radius 3 is 2.61 bits per heavy atom. The molecule has 10 heteroatoms. The fraction of sp³-hybridized carbons (Fsp3) is 0.385. The second kappa shape index (κ2) is 6.49. The van der Waals surface area contributed by atoms with Gasteiger partial charge in [0.2, 0.25) is 0 Å². The molecule has 0 fully saturated rings. The van der Waals surface area contributed by atoms with Crippen LogP contribution in [0.2, 0.25) is 0 Å². The van der Waals surface area contributed by atoms with Crippen LogP contribution in [0.3, 0.4) is 0 Å². The summed E-state index contributed by atoms with van der Waals surface area (Å²) in [6, 6.07) is 2.24. The van der Waals surface area contributed by atoms with E-state index in [9.17, 15) is 22.8 Å². The first-order valence-corrected chi connectivity index (χ1v) is 7.22. The predicted octanol–water partition coefficient (Wildman–Crippen LogP) is 2.14. The molecule has 0 radical (unpaired) electrons. The third-order valence-corrected chi connectivity index (χ3v) is 3.87. The van der Waals surface area contributed by atoms with Gasteiger partial charge < -0.3 is 4.74 Å². The molecule has 0 saturated carbocycles. The van der Waals surface area contributed by atoms with Gasteiger partial charge in [0.1, 0.15) is 17.3 Å². The fourth-order valence-corrected chi connectivity index (χ4v) is 2.65. The average Bonchev–Trinajstić information content (AvgIpc) is 2.88. The Morgan fingerprint density at radius 1 is 1.35 bits per heavy atom. The number of halogens is 3. The van der Waals surface area contributed by atoms with E-state index in [-0.39, 0.29) is 24.8 Å². The molecule has 0 unspecified atom stereocenters. The number of esters is 1. The van der Waals surface area contributed by atoms with Crippen LogP contribution >= 0.6 is 11.3 Å². The maximum absolute atomic E-state index is 12.6. The van der Waals surface area contributed by atoms with Gasteiger partial charge in [0.05, 0.1) is 6.54 Å². The Bertz CT molecular complexity index is 783. The van der Waals surface area contributed by atoms with Crippen molar-refractivity contribution in [3.05, 3.63) is 44.0 Å². The molecule has 0 saturated heterocycles. The zero-order valence-corrected chi connectivity index (χ0v) is 13.0. The minimum Gasteiger partial charge on any atom is -0.458 e. The van der Waals surface area contributed by atoms with Crippen molar-refractivity contribution >= 4 is 17.3 Å². The van der Waals surface area contributed by atoms with Crippen molar-refractivity contribution in [1.29, 1.82) is 0 Å². The molecule has 2 heterocycles. The molecule has 2 aromatic rings. The Hall–Kier alpha value is -2.23. The lowest BCUT2D eigenvalue weighted by atomic mass is 10.4. The summed E-state index contributed by atoms with van der Waals surface area (Å²) < 4.78 is 43.8. The number of rotatable bonds is 4. The maximum Gasteiger partial charge on any atom is 0.425 e. The van der Waals surface area contributed by atoms with Crippen molar-refractivity contribution in [1.82, 2.24) is 14.5 Å². The maximum atomic E-state index is 12.6. The Labute approximate surface area is 132 Å². The summed E-state index contributed by atoms with van der Waals surface area (Å²) in [7, 11) is 0. The molecular weight excluding hydrogens is 335 g/mol. The van der Waals surface area contributed by atoms with E-state index in [0.29, 0.717) is 16.2 Å². The van der Waals surface area contributed by atoms with Crippen LogP contribution in [0.1, 0.15) is 28.3 Å².